The highest BCUT2D eigenvalue weighted by atomic mass is 31.1. The van der Waals surface area contributed by atoms with Crippen LogP contribution < -0.4 is 0 Å². The van der Waals surface area contributed by atoms with E-state index in [-0.39, 0.29) is 14.8 Å². The average molecular weight is 288 g/mol. The molecule has 0 bridgehead atoms. The molecule has 0 amide bonds. The molecule has 0 aliphatic rings. The average Bonchev–Trinajstić information content (AvgIpc) is 2.43. The molecule has 0 aromatic heterocycles. The van der Waals surface area contributed by atoms with E-state index in [0.717, 1.165) is 6.42 Å². The molecule has 0 N–H and O–H groups in total. The first-order valence-electron chi connectivity index (χ1n) is 8.19. The lowest BCUT2D eigenvalue weighted by molar-refractivity contribution is 0.0809. The Labute approximate surface area is 122 Å². The summed E-state index contributed by atoms with van der Waals surface area (Å²) in [6.45, 7) is 8.95. The second kappa shape index (κ2) is 13.1. The molecule has 0 saturated heterocycles. The minimum absolute atomic E-state index is 0.152. The topological polar surface area (TPSA) is 26.3 Å². The van der Waals surface area contributed by atoms with Crippen molar-refractivity contribution in [3.8, 4) is 0 Å². The molecule has 0 spiro atoms. The fourth-order valence-electron chi connectivity index (χ4n) is 2.83. The van der Waals surface area contributed by atoms with Gasteiger partial charge in [-0.1, -0.05) is 72.6 Å². The lowest BCUT2D eigenvalue weighted by atomic mass is 9.84. The van der Waals surface area contributed by atoms with E-state index in [1.807, 2.05) is 0 Å². The third-order valence-corrected chi connectivity index (χ3v) is 4.49. The summed E-state index contributed by atoms with van der Waals surface area (Å²) in [5.41, 5.74) is 0. The molecule has 2 nitrogen and oxygen atoms in total. The zero-order chi connectivity index (χ0) is 14.5. The van der Waals surface area contributed by atoms with E-state index < -0.39 is 0 Å². The van der Waals surface area contributed by atoms with Gasteiger partial charge in [-0.2, -0.15) is 0 Å². The van der Waals surface area contributed by atoms with Crippen LogP contribution in [0.2, 0.25) is 0 Å². The fourth-order valence-corrected chi connectivity index (χ4v) is 3.31. The largest absolute Gasteiger partial charge is 0.327 e. The quantitative estimate of drug-likeness (QED) is 0.289. The second-order valence-electron chi connectivity index (χ2n) is 5.78. The molecule has 3 heteroatoms. The maximum absolute atomic E-state index is 10.9. The van der Waals surface area contributed by atoms with Gasteiger partial charge in [-0.25, -0.2) is 4.57 Å². The molecule has 0 radical (unpaired) electrons. The van der Waals surface area contributed by atoms with Gasteiger partial charge in [0, 0.05) is 0 Å². The third kappa shape index (κ3) is 8.76. The van der Waals surface area contributed by atoms with E-state index in [9.17, 15) is 4.57 Å². The molecule has 19 heavy (non-hydrogen) atoms. The van der Waals surface area contributed by atoms with Gasteiger partial charge in [0.2, 0.25) is 0 Å². The molecule has 0 aliphatic carbocycles. The van der Waals surface area contributed by atoms with E-state index in [1.165, 1.54) is 51.4 Å². The van der Waals surface area contributed by atoms with Crippen molar-refractivity contribution >= 4 is 8.69 Å². The predicted molar refractivity (Wildman–Crippen MR) is 83.7 cm³/mol. The number of rotatable bonds is 13. The molecule has 0 aromatic rings. The summed E-state index contributed by atoms with van der Waals surface area (Å²) >= 11 is 0. The van der Waals surface area contributed by atoms with Crippen LogP contribution in [0.15, 0.2) is 0 Å². The van der Waals surface area contributed by atoms with Gasteiger partial charge in [0.05, 0.1) is 6.10 Å². The molecule has 0 aliphatic heterocycles. The molecule has 3 unspecified atom stereocenters. The minimum Gasteiger partial charge on any atom is -0.290 e. The smallest absolute Gasteiger partial charge is 0.290 e. The Kier molecular flexibility index (Phi) is 13.1. The Bertz CT molecular complexity index is 209. The fraction of sp³-hybridized carbons (Fsp3) is 1.00. The van der Waals surface area contributed by atoms with Crippen molar-refractivity contribution in [2.75, 3.05) is 0 Å². The Hall–Kier alpha value is 0.0600. The molecule has 0 fully saturated rings. The molecular weight excluding hydrogens is 255 g/mol. The summed E-state index contributed by atoms with van der Waals surface area (Å²) < 4.78 is 16.4. The van der Waals surface area contributed by atoms with Crippen LogP contribution in [0.1, 0.15) is 85.5 Å². The highest BCUT2D eigenvalue weighted by molar-refractivity contribution is 7.17. The minimum atomic E-state index is -0.152. The monoisotopic (exact) mass is 288 g/mol. The summed E-state index contributed by atoms with van der Waals surface area (Å²) in [5, 5.41) is 0. The van der Waals surface area contributed by atoms with Gasteiger partial charge < -0.3 is 0 Å². The van der Waals surface area contributed by atoms with Gasteiger partial charge in [-0.15, -0.1) is 0 Å². The lowest BCUT2D eigenvalue weighted by Gasteiger charge is -2.29. The molecule has 3 atom stereocenters. The van der Waals surface area contributed by atoms with Gasteiger partial charge in [0.15, 0.2) is 0 Å². The van der Waals surface area contributed by atoms with Crippen LogP contribution in [0.3, 0.4) is 0 Å². The van der Waals surface area contributed by atoms with E-state index in [4.69, 9.17) is 4.52 Å². The highest BCUT2D eigenvalue weighted by Gasteiger charge is 2.26. The van der Waals surface area contributed by atoms with Crippen molar-refractivity contribution in [3.05, 3.63) is 0 Å². The Morgan fingerprint density at radius 3 is 2.16 bits per heavy atom. The van der Waals surface area contributed by atoms with Gasteiger partial charge in [0.1, 0.15) is 0 Å². The van der Waals surface area contributed by atoms with Gasteiger partial charge in [-0.3, -0.25) is 4.52 Å². The Morgan fingerprint density at radius 1 is 0.947 bits per heavy atom. The maximum Gasteiger partial charge on any atom is 0.327 e. The summed E-state index contributed by atoms with van der Waals surface area (Å²) in [6.07, 6.45) is 11.3. The van der Waals surface area contributed by atoms with E-state index in [1.54, 1.807) is 0 Å². The summed E-state index contributed by atoms with van der Waals surface area (Å²) in [7, 11) is -0.152. The van der Waals surface area contributed by atoms with Gasteiger partial charge in [-0.05, 0) is 24.7 Å². The highest BCUT2D eigenvalue weighted by Crippen LogP contribution is 2.30. The molecular formula is C16H33O2P. The van der Waals surface area contributed by atoms with Crippen LogP contribution in [0.5, 0.6) is 0 Å². The van der Waals surface area contributed by atoms with Crippen LogP contribution in [-0.2, 0) is 9.09 Å². The first kappa shape index (κ1) is 19.1. The van der Waals surface area contributed by atoms with Crippen molar-refractivity contribution in [1.29, 1.82) is 0 Å². The van der Waals surface area contributed by atoms with Crippen molar-refractivity contribution in [2.45, 2.75) is 91.6 Å². The first-order chi connectivity index (χ1) is 9.21. The maximum atomic E-state index is 10.9. The van der Waals surface area contributed by atoms with E-state index >= 15 is 0 Å². The first-order valence-corrected chi connectivity index (χ1v) is 8.92. The zero-order valence-corrected chi connectivity index (χ0v) is 14.3. The number of hydrogen-bond donors (Lipinski definition) is 0. The van der Waals surface area contributed by atoms with Crippen molar-refractivity contribution in [3.63, 3.8) is 0 Å². The summed E-state index contributed by atoms with van der Waals surface area (Å²) in [6, 6.07) is 0. The molecule has 0 saturated carbocycles. The standard InChI is InChI=1S/C16H33O2P/c1-5-8-10-11-12-14(4)16(18-19-17)15(7-3)13-9-6-2/h14-16H,5-13H2,1-4H3. The van der Waals surface area contributed by atoms with Crippen LogP contribution in [-0.4, -0.2) is 6.10 Å². The normalized spacial score (nSPS) is 16.4. The Morgan fingerprint density at radius 2 is 1.63 bits per heavy atom. The van der Waals surface area contributed by atoms with E-state index in [2.05, 4.69) is 27.7 Å². The number of unbranched alkanes of at least 4 members (excludes halogenated alkanes) is 4. The predicted octanol–water partition coefficient (Wildman–Crippen LogP) is 6.40. The SMILES string of the molecule is CCCCCCC(C)C(OP=O)C(CC)CCCC. The van der Waals surface area contributed by atoms with Crippen LogP contribution >= 0.6 is 8.69 Å². The molecule has 0 heterocycles. The van der Waals surface area contributed by atoms with Crippen molar-refractivity contribution in [1.82, 2.24) is 0 Å². The van der Waals surface area contributed by atoms with Crippen LogP contribution in [0, 0.1) is 11.8 Å². The number of hydrogen-bond acceptors (Lipinski definition) is 2. The molecule has 114 valence electrons. The van der Waals surface area contributed by atoms with Crippen molar-refractivity contribution < 1.29 is 9.09 Å². The van der Waals surface area contributed by atoms with Crippen molar-refractivity contribution in [2.24, 2.45) is 11.8 Å². The van der Waals surface area contributed by atoms with Gasteiger partial charge in [0.25, 0.3) is 0 Å². The summed E-state index contributed by atoms with van der Waals surface area (Å²) in [4.78, 5) is 0. The summed E-state index contributed by atoms with van der Waals surface area (Å²) in [5.74, 6) is 1.07. The van der Waals surface area contributed by atoms with E-state index in [0.29, 0.717) is 11.8 Å². The lowest BCUT2D eigenvalue weighted by Crippen LogP contribution is -2.28. The molecule has 0 rings (SSSR count). The molecule has 0 aromatic carbocycles. The third-order valence-electron chi connectivity index (χ3n) is 4.16. The second-order valence-corrected chi connectivity index (χ2v) is 6.14. The van der Waals surface area contributed by atoms with Gasteiger partial charge >= 0.3 is 8.69 Å². The zero-order valence-electron chi connectivity index (χ0n) is 13.4. The van der Waals surface area contributed by atoms with Crippen LogP contribution in [0.25, 0.3) is 0 Å². The van der Waals surface area contributed by atoms with Crippen LogP contribution in [0.4, 0.5) is 0 Å². The Balaban J connectivity index is 4.27.